The number of methoxy groups -OCH3 is 1. The third kappa shape index (κ3) is 2.02. The lowest BCUT2D eigenvalue weighted by atomic mass is 10.1. The second-order valence-electron chi connectivity index (χ2n) is 3.09. The Bertz CT molecular complexity index is 446. The van der Waals surface area contributed by atoms with Crippen molar-refractivity contribution in [2.45, 2.75) is 6.04 Å². The molecule has 0 aliphatic heterocycles. The summed E-state index contributed by atoms with van der Waals surface area (Å²) in [5, 5.41) is 5.14. The van der Waals surface area contributed by atoms with Crippen LogP contribution in [0.4, 0.5) is 0 Å². The van der Waals surface area contributed by atoms with Gasteiger partial charge in [-0.2, -0.15) is 0 Å². The fraction of sp³-hybridized carbons (Fsp3) is 0.300. The highest BCUT2D eigenvalue weighted by molar-refractivity contribution is 7.07. The van der Waals surface area contributed by atoms with E-state index in [2.05, 4.69) is 20.3 Å². The van der Waals surface area contributed by atoms with Crippen molar-refractivity contribution in [3.8, 4) is 5.88 Å². The van der Waals surface area contributed by atoms with Gasteiger partial charge in [-0.05, 0) is 7.05 Å². The van der Waals surface area contributed by atoms with Gasteiger partial charge in [-0.25, -0.2) is 9.97 Å². The van der Waals surface area contributed by atoms with Crippen LogP contribution in [0.25, 0.3) is 0 Å². The van der Waals surface area contributed by atoms with Gasteiger partial charge in [0, 0.05) is 17.8 Å². The molecule has 2 rings (SSSR count). The van der Waals surface area contributed by atoms with Gasteiger partial charge in [-0.1, -0.05) is 0 Å². The minimum Gasteiger partial charge on any atom is -0.480 e. The van der Waals surface area contributed by atoms with Crippen molar-refractivity contribution >= 4 is 11.3 Å². The summed E-state index contributed by atoms with van der Waals surface area (Å²) >= 11 is 1.55. The number of ether oxygens (including phenoxy) is 1. The van der Waals surface area contributed by atoms with Crippen molar-refractivity contribution in [3.05, 3.63) is 34.7 Å². The van der Waals surface area contributed by atoms with Gasteiger partial charge in [0.05, 0.1) is 24.4 Å². The smallest absolute Gasteiger partial charge is 0.237 e. The molecule has 0 aromatic carbocycles. The molecule has 2 heterocycles. The lowest BCUT2D eigenvalue weighted by Gasteiger charge is -2.14. The molecule has 5 nitrogen and oxygen atoms in total. The van der Waals surface area contributed by atoms with E-state index < -0.39 is 0 Å². The van der Waals surface area contributed by atoms with Gasteiger partial charge in [-0.15, -0.1) is 11.3 Å². The van der Waals surface area contributed by atoms with Crippen LogP contribution < -0.4 is 10.1 Å². The minimum atomic E-state index is -0.0881. The van der Waals surface area contributed by atoms with Crippen LogP contribution in [0.5, 0.6) is 5.88 Å². The summed E-state index contributed by atoms with van der Waals surface area (Å²) in [6, 6.07) is -0.0881. The topological polar surface area (TPSA) is 59.9 Å². The Morgan fingerprint density at radius 1 is 1.31 bits per heavy atom. The summed E-state index contributed by atoms with van der Waals surface area (Å²) in [5.74, 6) is 0.523. The number of hydrogen-bond acceptors (Lipinski definition) is 6. The molecule has 1 atom stereocenters. The van der Waals surface area contributed by atoms with Crippen molar-refractivity contribution in [1.82, 2.24) is 20.3 Å². The van der Waals surface area contributed by atoms with Crippen LogP contribution in [0.1, 0.15) is 17.4 Å². The maximum Gasteiger partial charge on any atom is 0.237 e. The first-order chi connectivity index (χ1) is 7.86. The number of hydrogen-bond donors (Lipinski definition) is 1. The number of rotatable bonds is 4. The molecule has 0 amide bonds. The molecular formula is C10H12N4OS. The first-order valence-corrected chi connectivity index (χ1v) is 5.71. The summed E-state index contributed by atoms with van der Waals surface area (Å²) in [5.41, 5.74) is 3.47. The monoisotopic (exact) mass is 236 g/mol. The molecule has 0 radical (unpaired) electrons. The Balaban J connectivity index is 2.41. The van der Waals surface area contributed by atoms with Crippen LogP contribution >= 0.6 is 11.3 Å². The van der Waals surface area contributed by atoms with E-state index in [-0.39, 0.29) is 6.04 Å². The Hall–Kier alpha value is -1.53. The molecule has 1 N–H and O–H groups in total. The molecule has 0 aliphatic carbocycles. The zero-order chi connectivity index (χ0) is 11.4. The van der Waals surface area contributed by atoms with E-state index in [1.165, 1.54) is 0 Å². The maximum absolute atomic E-state index is 5.19. The zero-order valence-electron chi connectivity index (χ0n) is 9.04. The highest BCUT2D eigenvalue weighted by Crippen LogP contribution is 2.25. The summed E-state index contributed by atoms with van der Waals surface area (Å²) < 4.78 is 5.19. The molecule has 2 aromatic rings. The van der Waals surface area contributed by atoms with Crippen molar-refractivity contribution in [2.24, 2.45) is 0 Å². The van der Waals surface area contributed by atoms with Gasteiger partial charge >= 0.3 is 0 Å². The quantitative estimate of drug-likeness (QED) is 0.865. The van der Waals surface area contributed by atoms with E-state index in [1.54, 1.807) is 36.4 Å². The number of nitrogens with one attached hydrogen (secondary N) is 1. The number of aromatic nitrogens is 3. The maximum atomic E-state index is 5.19. The third-order valence-corrected chi connectivity index (χ3v) is 2.80. The third-order valence-electron chi connectivity index (χ3n) is 2.19. The summed E-state index contributed by atoms with van der Waals surface area (Å²) in [6.07, 6.45) is 3.25. The minimum absolute atomic E-state index is 0.0881. The lowest BCUT2D eigenvalue weighted by Crippen LogP contribution is -2.20. The number of thiazole rings is 1. The molecule has 0 fully saturated rings. The van der Waals surface area contributed by atoms with Crippen LogP contribution in [0.15, 0.2) is 23.3 Å². The van der Waals surface area contributed by atoms with Crippen molar-refractivity contribution in [3.63, 3.8) is 0 Å². The van der Waals surface area contributed by atoms with E-state index in [0.29, 0.717) is 5.88 Å². The van der Waals surface area contributed by atoms with Gasteiger partial charge in [-0.3, -0.25) is 4.98 Å². The molecule has 6 heteroatoms. The van der Waals surface area contributed by atoms with Crippen LogP contribution in [-0.4, -0.2) is 29.1 Å². The molecule has 0 bridgehead atoms. The molecule has 0 saturated heterocycles. The van der Waals surface area contributed by atoms with Gasteiger partial charge in [0.15, 0.2) is 0 Å². The van der Waals surface area contributed by atoms with Gasteiger partial charge in [0.1, 0.15) is 5.69 Å². The Morgan fingerprint density at radius 2 is 2.12 bits per heavy atom. The molecule has 0 spiro atoms. The van der Waals surface area contributed by atoms with E-state index in [4.69, 9.17) is 4.74 Å². The van der Waals surface area contributed by atoms with E-state index in [9.17, 15) is 0 Å². The molecule has 16 heavy (non-hydrogen) atoms. The fourth-order valence-corrected chi connectivity index (χ4v) is 2.06. The van der Waals surface area contributed by atoms with Crippen LogP contribution in [0.3, 0.4) is 0 Å². The fourth-order valence-electron chi connectivity index (χ4n) is 1.48. The Labute approximate surface area is 97.5 Å². The molecule has 0 aliphatic rings. The largest absolute Gasteiger partial charge is 0.480 e. The van der Waals surface area contributed by atoms with Crippen molar-refractivity contribution in [1.29, 1.82) is 0 Å². The lowest BCUT2D eigenvalue weighted by molar-refractivity contribution is 0.383. The Morgan fingerprint density at radius 3 is 2.75 bits per heavy atom. The predicted molar refractivity (Wildman–Crippen MR) is 61.6 cm³/mol. The van der Waals surface area contributed by atoms with Crippen molar-refractivity contribution in [2.75, 3.05) is 14.2 Å². The SMILES string of the molecule is CNC(c1cscn1)c1nccnc1OC. The van der Waals surface area contributed by atoms with Gasteiger partial charge in [0.25, 0.3) is 0 Å². The second kappa shape index (κ2) is 5.00. The zero-order valence-corrected chi connectivity index (χ0v) is 9.86. The summed E-state index contributed by atoms with van der Waals surface area (Å²) in [4.78, 5) is 12.7. The highest BCUT2D eigenvalue weighted by atomic mass is 32.1. The Kier molecular flexibility index (Phi) is 3.43. The second-order valence-corrected chi connectivity index (χ2v) is 3.80. The van der Waals surface area contributed by atoms with E-state index in [0.717, 1.165) is 11.4 Å². The van der Waals surface area contributed by atoms with Gasteiger partial charge in [0.2, 0.25) is 5.88 Å². The van der Waals surface area contributed by atoms with E-state index >= 15 is 0 Å². The van der Waals surface area contributed by atoms with Crippen LogP contribution in [-0.2, 0) is 0 Å². The predicted octanol–water partition coefficient (Wildman–Crippen LogP) is 1.25. The van der Waals surface area contributed by atoms with E-state index in [1.807, 2.05) is 12.4 Å². The van der Waals surface area contributed by atoms with Crippen LogP contribution in [0.2, 0.25) is 0 Å². The molecule has 0 saturated carbocycles. The van der Waals surface area contributed by atoms with Gasteiger partial charge < -0.3 is 10.1 Å². The average molecular weight is 236 g/mol. The van der Waals surface area contributed by atoms with Crippen molar-refractivity contribution < 1.29 is 4.74 Å². The average Bonchev–Trinajstić information content (AvgIpc) is 2.84. The standard InChI is InChI=1S/C10H12N4OS/c1-11-8(7-5-16-6-14-7)9-10(15-2)13-4-3-12-9/h3-6,8,11H,1-2H3. The molecule has 84 valence electrons. The summed E-state index contributed by atoms with van der Waals surface area (Å²) in [6.45, 7) is 0. The molecular weight excluding hydrogens is 224 g/mol. The first-order valence-electron chi connectivity index (χ1n) is 4.77. The number of nitrogens with zero attached hydrogens (tertiary/aromatic N) is 3. The summed E-state index contributed by atoms with van der Waals surface area (Å²) in [7, 11) is 3.44. The molecule has 1 unspecified atom stereocenters. The highest BCUT2D eigenvalue weighted by Gasteiger charge is 2.20. The molecule has 2 aromatic heterocycles. The van der Waals surface area contributed by atoms with Crippen LogP contribution in [0, 0.1) is 0 Å². The first kappa shape index (κ1) is 11.0. The normalized spacial score (nSPS) is 12.4.